The topological polar surface area (TPSA) is 108 Å². The van der Waals surface area contributed by atoms with Crippen molar-refractivity contribution in [3.8, 4) is 11.5 Å². The quantitative estimate of drug-likeness (QED) is 0.584. The summed E-state index contributed by atoms with van der Waals surface area (Å²) in [5.41, 5.74) is 0.920. The van der Waals surface area contributed by atoms with Crippen molar-refractivity contribution >= 4 is 11.8 Å². The van der Waals surface area contributed by atoms with E-state index in [-0.39, 0.29) is 24.8 Å². The number of rotatable bonds is 4. The molecule has 37 heavy (non-hydrogen) atoms. The molecular formula is C29H38N2O6. The van der Waals surface area contributed by atoms with Gasteiger partial charge in [-0.3, -0.25) is 9.59 Å². The lowest BCUT2D eigenvalue weighted by atomic mass is 9.73. The zero-order valence-corrected chi connectivity index (χ0v) is 21.7. The van der Waals surface area contributed by atoms with E-state index < -0.39 is 17.6 Å². The SMILES string of the molecule is CC(C)COc1ccc(C(=O)N2CCC3(CC2)CNC(=O)COc2ccccc2C[C@H](O)[C@H](O)C3)cc1. The number of nitrogens with zero attached hydrogens (tertiary/aromatic N) is 1. The number of nitrogens with one attached hydrogen (secondary N) is 1. The van der Waals surface area contributed by atoms with E-state index >= 15 is 0 Å². The van der Waals surface area contributed by atoms with Crippen LogP contribution in [-0.4, -0.2) is 72.0 Å². The Hall–Kier alpha value is -3.10. The van der Waals surface area contributed by atoms with E-state index in [2.05, 4.69) is 19.2 Å². The Morgan fingerprint density at radius 1 is 1.11 bits per heavy atom. The molecule has 0 radical (unpaired) electrons. The molecule has 0 unspecified atom stereocenters. The van der Waals surface area contributed by atoms with Gasteiger partial charge >= 0.3 is 0 Å². The standard InChI is InChI=1S/C29H38N2O6/c1-20(2)17-36-23-9-7-21(8-10-23)28(35)31-13-11-29(12-14-31)16-25(33)24(32)15-22-5-3-4-6-26(22)37-18-27(34)30-19-29/h3-10,20,24-25,32-33H,11-19H2,1-2H3,(H,30,34)/t24-,25+/m0/s1. The van der Waals surface area contributed by atoms with Crippen LogP contribution in [0.15, 0.2) is 48.5 Å². The number of fused-ring (bicyclic) bond motifs is 1. The summed E-state index contributed by atoms with van der Waals surface area (Å²) < 4.78 is 11.4. The smallest absolute Gasteiger partial charge is 0.257 e. The average molecular weight is 511 g/mol. The lowest BCUT2D eigenvalue weighted by Gasteiger charge is -2.43. The molecule has 2 atom stereocenters. The molecule has 2 aromatic rings. The highest BCUT2D eigenvalue weighted by Crippen LogP contribution is 2.37. The number of likely N-dealkylation sites (tertiary alicyclic amines) is 1. The number of carbonyl (C=O) groups is 2. The van der Waals surface area contributed by atoms with Gasteiger partial charge in [0.2, 0.25) is 0 Å². The van der Waals surface area contributed by atoms with Crippen LogP contribution in [0.3, 0.4) is 0 Å². The molecule has 1 saturated heterocycles. The second-order valence-corrected chi connectivity index (χ2v) is 10.7. The molecule has 0 aliphatic carbocycles. The van der Waals surface area contributed by atoms with Gasteiger partial charge in [-0.2, -0.15) is 0 Å². The Bertz CT molecular complexity index is 1060. The molecule has 0 aromatic heterocycles. The second kappa shape index (κ2) is 12.0. The number of benzene rings is 2. The van der Waals surface area contributed by atoms with E-state index in [9.17, 15) is 19.8 Å². The summed E-state index contributed by atoms with van der Waals surface area (Å²) in [6.07, 6.45) is -0.151. The Morgan fingerprint density at radius 3 is 2.51 bits per heavy atom. The van der Waals surface area contributed by atoms with Crippen molar-refractivity contribution in [1.29, 1.82) is 0 Å². The van der Waals surface area contributed by atoms with Gasteiger partial charge < -0.3 is 29.9 Å². The summed E-state index contributed by atoms with van der Waals surface area (Å²) >= 11 is 0. The summed E-state index contributed by atoms with van der Waals surface area (Å²) in [4.78, 5) is 27.5. The lowest BCUT2D eigenvalue weighted by molar-refractivity contribution is -0.124. The van der Waals surface area contributed by atoms with Gasteiger partial charge in [-0.05, 0) is 66.5 Å². The first-order valence-electron chi connectivity index (χ1n) is 13.1. The molecule has 1 spiro atoms. The maximum absolute atomic E-state index is 13.2. The summed E-state index contributed by atoms with van der Waals surface area (Å²) in [5, 5.41) is 24.7. The van der Waals surface area contributed by atoms with Gasteiger partial charge in [-0.25, -0.2) is 0 Å². The monoisotopic (exact) mass is 510 g/mol. The van der Waals surface area contributed by atoms with Crippen LogP contribution in [0.4, 0.5) is 0 Å². The number of ether oxygens (including phenoxy) is 2. The van der Waals surface area contributed by atoms with Crippen LogP contribution in [0.5, 0.6) is 11.5 Å². The number of hydrogen-bond acceptors (Lipinski definition) is 6. The van der Waals surface area contributed by atoms with Gasteiger partial charge in [0.15, 0.2) is 6.61 Å². The van der Waals surface area contributed by atoms with Crippen molar-refractivity contribution in [2.75, 3.05) is 32.8 Å². The van der Waals surface area contributed by atoms with E-state index in [0.29, 0.717) is 62.7 Å². The predicted octanol–water partition coefficient (Wildman–Crippen LogP) is 2.81. The van der Waals surface area contributed by atoms with E-state index in [1.54, 1.807) is 18.2 Å². The van der Waals surface area contributed by atoms with Crippen LogP contribution in [0.1, 0.15) is 49.0 Å². The molecule has 2 aliphatic heterocycles. The summed E-state index contributed by atoms with van der Waals surface area (Å²) in [6.45, 7) is 6.03. The van der Waals surface area contributed by atoms with E-state index in [1.165, 1.54) is 0 Å². The van der Waals surface area contributed by atoms with Crippen LogP contribution in [0, 0.1) is 11.3 Å². The number of para-hydroxylation sites is 1. The van der Waals surface area contributed by atoms with Crippen molar-refractivity contribution in [2.45, 2.75) is 51.7 Å². The summed E-state index contributed by atoms with van der Waals surface area (Å²) in [7, 11) is 0. The summed E-state index contributed by atoms with van der Waals surface area (Å²) in [5.74, 6) is 1.41. The van der Waals surface area contributed by atoms with Gasteiger partial charge in [-0.15, -0.1) is 0 Å². The predicted molar refractivity (Wildman–Crippen MR) is 140 cm³/mol. The molecule has 0 bridgehead atoms. The Balaban J connectivity index is 1.41. The molecule has 8 nitrogen and oxygen atoms in total. The molecular weight excluding hydrogens is 472 g/mol. The minimum absolute atomic E-state index is 0.0481. The number of piperidine rings is 1. The zero-order chi connectivity index (χ0) is 26.4. The molecule has 3 N–H and O–H groups in total. The lowest BCUT2D eigenvalue weighted by Crippen LogP contribution is -2.51. The normalized spacial score (nSPS) is 22.3. The van der Waals surface area contributed by atoms with Crippen molar-refractivity contribution in [1.82, 2.24) is 10.2 Å². The summed E-state index contributed by atoms with van der Waals surface area (Å²) in [6, 6.07) is 14.5. The van der Waals surface area contributed by atoms with Crippen LogP contribution in [-0.2, 0) is 11.2 Å². The second-order valence-electron chi connectivity index (χ2n) is 10.7. The average Bonchev–Trinajstić information content (AvgIpc) is 2.90. The van der Waals surface area contributed by atoms with E-state index in [0.717, 1.165) is 11.3 Å². The third-order valence-electron chi connectivity index (χ3n) is 7.30. The van der Waals surface area contributed by atoms with Crippen LogP contribution >= 0.6 is 0 Å². The number of hydrogen-bond donors (Lipinski definition) is 3. The molecule has 200 valence electrons. The molecule has 2 aliphatic rings. The fourth-order valence-electron chi connectivity index (χ4n) is 5.01. The van der Waals surface area contributed by atoms with Crippen molar-refractivity contribution in [2.24, 2.45) is 11.3 Å². The molecule has 1 fully saturated rings. The Kier molecular flexibility index (Phi) is 8.71. The van der Waals surface area contributed by atoms with Crippen molar-refractivity contribution < 1.29 is 29.3 Å². The van der Waals surface area contributed by atoms with Crippen LogP contribution < -0.4 is 14.8 Å². The van der Waals surface area contributed by atoms with Crippen LogP contribution in [0.2, 0.25) is 0 Å². The first-order valence-corrected chi connectivity index (χ1v) is 13.1. The van der Waals surface area contributed by atoms with Crippen molar-refractivity contribution in [3.63, 3.8) is 0 Å². The number of aliphatic hydroxyl groups excluding tert-OH is 2. The highest BCUT2D eigenvalue weighted by molar-refractivity contribution is 5.94. The number of amides is 2. The third kappa shape index (κ3) is 7.02. The number of carbonyl (C=O) groups excluding carboxylic acids is 2. The highest BCUT2D eigenvalue weighted by atomic mass is 16.5. The molecule has 4 rings (SSSR count). The molecule has 2 amide bonds. The Labute approximate surface area is 218 Å². The molecule has 0 saturated carbocycles. The van der Waals surface area contributed by atoms with Gasteiger partial charge in [0.05, 0.1) is 18.8 Å². The first-order chi connectivity index (χ1) is 17.7. The fourth-order valence-corrected chi connectivity index (χ4v) is 5.01. The van der Waals surface area contributed by atoms with Gasteiger partial charge in [0.25, 0.3) is 11.8 Å². The molecule has 2 aromatic carbocycles. The molecule has 8 heteroatoms. The third-order valence-corrected chi connectivity index (χ3v) is 7.30. The van der Waals surface area contributed by atoms with E-state index in [4.69, 9.17) is 9.47 Å². The number of aliphatic hydroxyl groups is 2. The largest absolute Gasteiger partial charge is 0.493 e. The zero-order valence-electron chi connectivity index (χ0n) is 21.7. The maximum atomic E-state index is 13.2. The minimum Gasteiger partial charge on any atom is -0.493 e. The van der Waals surface area contributed by atoms with Crippen molar-refractivity contribution in [3.05, 3.63) is 59.7 Å². The molecule has 2 heterocycles. The highest BCUT2D eigenvalue weighted by Gasteiger charge is 2.39. The maximum Gasteiger partial charge on any atom is 0.257 e. The fraction of sp³-hybridized carbons (Fsp3) is 0.517. The Morgan fingerprint density at radius 2 is 1.81 bits per heavy atom. The van der Waals surface area contributed by atoms with Gasteiger partial charge in [-0.1, -0.05) is 32.0 Å². The van der Waals surface area contributed by atoms with Crippen LogP contribution in [0.25, 0.3) is 0 Å². The van der Waals surface area contributed by atoms with Gasteiger partial charge in [0, 0.05) is 31.6 Å². The van der Waals surface area contributed by atoms with Gasteiger partial charge in [0.1, 0.15) is 11.5 Å². The minimum atomic E-state index is -0.968. The van der Waals surface area contributed by atoms with E-state index in [1.807, 2.05) is 35.2 Å². The first kappa shape index (κ1) is 26.9.